The molecular formula is C22H33IN4O2. The van der Waals surface area contributed by atoms with Crippen LogP contribution in [0.25, 0.3) is 0 Å². The van der Waals surface area contributed by atoms with Gasteiger partial charge in [0.1, 0.15) is 5.75 Å². The quantitative estimate of drug-likeness (QED) is 0.272. The highest BCUT2D eigenvalue weighted by molar-refractivity contribution is 14.0. The average Bonchev–Trinajstić information content (AvgIpc) is 2.67. The van der Waals surface area contributed by atoms with Crippen LogP contribution in [-0.4, -0.2) is 41.8 Å². The van der Waals surface area contributed by atoms with Crippen LogP contribution in [0.4, 0.5) is 0 Å². The minimum Gasteiger partial charge on any atom is -0.491 e. The second-order valence-corrected chi connectivity index (χ2v) is 6.95. The van der Waals surface area contributed by atoms with Crippen molar-refractivity contribution in [1.82, 2.24) is 15.6 Å². The fourth-order valence-electron chi connectivity index (χ4n) is 2.76. The van der Waals surface area contributed by atoms with Crippen molar-refractivity contribution in [1.29, 1.82) is 0 Å². The molecule has 1 atom stereocenters. The van der Waals surface area contributed by atoms with Gasteiger partial charge in [-0.05, 0) is 69.0 Å². The zero-order chi connectivity index (χ0) is 20.4. The van der Waals surface area contributed by atoms with Crippen LogP contribution >= 0.6 is 24.0 Å². The first-order valence-corrected chi connectivity index (χ1v) is 9.86. The normalized spacial score (nSPS) is 12.3. The lowest BCUT2D eigenvalue weighted by molar-refractivity contribution is 0.186. The van der Waals surface area contributed by atoms with Gasteiger partial charge in [-0.25, -0.2) is 0 Å². The molecule has 0 aliphatic heterocycles. The Kier molecular flexibility index (Phi) is 11.6. The van der Waals surface area contributed by atoms with Gasteiger partial charge in [-0.2, -0.15) is 0 Å². The molecule has 1 heterocycles. The van der Waals surface area contributed by atoms with Gasteiger partial charge in [0, 0.05) is 25.5 Å². The lowest BCUT2D eigenvalue weighted by atomic mass is 10.1. The summed E-state index contributed by atoms with van der Waals surface area (Å²) in [5.41, 5.74) is 3.27. The minimum absolute atomic E-state index is 0. The van der Waals surface area contributed by atoms with Crippen LogP contribution in [0.2, 0.25) is 0 Å². The van der Waals surface area contributed by atoms with Gasteiger partial charge in [0.15, 0.2) is 5.96 Å². The van der Waals surface area contributed by atoms with E-state index in [1.807, 2.05) is 63.5 Å². The first-order valence-electron chi connectivity index (χ1n) is 9.86. The van der Waals surface area contributed by atoms with E-state index in [2.05, 4.69) is 27.5 Å². The summed E-state index contributed by atoms with van der Waals surface area (Å²) in [6.45, 7) is 9.87. The van der Waals surface area contributed by atoms with E-state index >= 15 is 0 Å². The molecule has 0 amide bonds. The first kappa shape index (κ1) is 25.2. The summed E-state index contributed by atoms with van der Waals surface area (Å²) >= 11 is 0. The summed E-state index contributed by atoms with van der Waals surface area (Å²) in [5, 5.41) is 17.0. The number of benzene rings is 1. The van der Waals surface area contributed by atoms with Gasteiger partial charge < -0.3 is 20.5 Å². The Hall–Kier alpha value is -1.87. The summed E-state index contributed by atoms with van der Waals surface area (Å²) in [5.74, 6) is 1.50. The van der Waals surface area contributed by atoms with E-state index in [0.29, 0.717) is 5.96 Å². The van der Waals surface area contributed by atoms with Crippen molar-refractivity contribution in [3.63, 3.8) is 0 Å². The number of nitrogens with zero attached hydrogens (tertiary/aromatic N) is 2. The van der Waals surface area contributed by atoms with Crippen LogP contribution in [-0.2, 0) is 6.42 Å². The third-order valence-corrected chi connectivity index (χ3v) is 4.23. The second-order valence-electron chi connectivity index (χ2n) is 6.95. The number of pyridine rings is 1. The summed E-state index contributed by atoms with van der Waals surface area (Å²) < 4.78 is 5.64. The van der Waals surface area contributed by atoms with Crippen LogP contribution in [0.15, 0.2) is 47.7 Å². The van der Waals surface area contributed by atoms with Gasteiger partial charge in [0.25, 0.3) is 0 Å². The molecule has 0 spiro atoms. The molecule has 0 saturated heterocycles. The summed E-state index contributed by atoms with van der Waals surface area (Å²) in [6, 6.07) is 9.55. The molecule has 2 rings (SSSR count). The number of nitrogens with one attached hydrogen (secondary N) is 2. The van der Waals surface area contributed by atoms with Crippen molar-refractivity contribution in [2.24, 2.45) is 4.99 Å². The predicted octanol–water partition coefficient (Wildman–Crippen LogP) is 3.63. The lowest BCUT2D eigenvalue weighted by Gasteiger charge is -2.14. The van der Waals surface area contributed by atoms with Crippen molar-refractivity contribution in [3.05, 3.63) is 59.4 Å². The van der Waals surface area contributed by atoms with E-state index in [1.54, 1.807) is 0 Å². The molecule has 0 aliphatic rings. The van der Waals surface area contributed by atoms with Crippen molar-refractivity contribution < 1.29 is 9.84 Å². The van der Waals surface area contributed by atoms with Crippen LogP contribution in [0.5, 0.6) is 5.75 Å². The Labute approximate surface area is 191 Å². The van der Waals surface area contributed by atoms with Crippen molar-refractivity contribution in [2.45, 2.75) is 46.3 Å². The molecule has 0 saturated carbocycles. The second kappa shape index (κ2) is 13.4. The van der Waals surface area contributed by atoms with Gasteiger partial charge in [-0.1, -0.05) is 12.1 Å². The lowest BCUT2D eigenvalue weighted by Crippen LogP contribution is -2.38. The Balaban J connectivity index is 0.00000420. The maximum Gasteiger partial charge on any atom is 0.191 e. The Morgan fingerprint density at radius 2 is 1.90 bits per heavy atom. The Morgan fingerprint density at radius 1 is 1.17 bits per heavy atom. The average molecular weight is 512 g/mol. The number of aliphatic imine (C=N–C) groups is 1. The van der Waals surface area contributed by atoms with Crippen LogP contribution in [0.3, 0.4) is 0 Å². The number of aryl methyl sites for hydroxylation is 1. The van der Waals surface area contributed by atoms with Crippen molar-refractivity contribution >= 4 is 29.9 Å². The molecule has 1 unspecified atom stereocenters. The standard InChI is InChI=1S/C22H32N4O2.HI/c1-5-24-22(25-13-11-18-10-12-23-14-17(18)4)26-15-21(27)19-6-8-20(9-7-19)28-16(2)3;/h6-10,12,14,16,21,27H,5,11,13,15H2,1-4H3,(H2,24,25,26);1H. The zero-order valence-corrected chi connectivity index (χ0v) is 20.0. The number of hydrogen-bond acceptors (Lipinski definition) is 4. The molecule has 3 N–H and O–H groups in total. The van der Waals surface area contributed by atoms with Gasteiger partial charge in [0.05, 0.1) is 18.8 Å². The highest BCUT2D eigenvalue weighted by Crippen LogP contribution is 2.19. The van der Waals surface area contributed by atoms with E-state index in [-0.39, 0.29) is 36.6 Å². The van der Waals surface area contributed by atoms with E-state index in [1.165, 1.54) is 11.1 Å². The molecule has 1 aromatic heterocycles. The molecule has 0 aliphatic carbocycles. The largest absolute Gasteiger partial charge is 0.491 e. The fourth-order valence-corrected chi connectivity index (χ4v) is 2.76. The van der Waals surface area contributed by atoms with Crippen molar-refractivity contribution in [3.8, 4) is 5.75 Å². The predicted molar refractivity (Wildman–Crippen MR) is 129 cm³/mol. The van der Waals surface area contributed by atoms with Gasteiger partial charge in [-0.3, -0.25) is 9.98 Å². The highest BCUT2D eigenvalue weighted by atomic mass is 127. The van der Waals surface area contributed by atoms with Gasteiger partial charge >= 0.3 is 0 Å². The van der Waals surface area contributed by atoms with E-state index in [9.17, 15) is 5.11 Å². The zero-order valence-electron chi connectivity index (χ0n) is 17.7. The first-order chi connectivity index (χ1) is 13.5. The molecular weight excluding hydrogens is 479 g/mol. The number of aliphatic hydroxyl groups is 1. The third-order valence-electron chi connectivity index (χ3n) is 4.23. The summed E-state index contributed by atoms with van der Waals surface area (Å²) in [7, 11) is 0. The Morgan fingerprint density at radius 3 is 2.52 bits per heavy atom. The number of halogens is 1. The molecule has 7 heteroatoms. The fraction of sp³-hybridized carbons (Fsp3) is 0.455. The smallest absolute Gasteiger partial charge is 0.191 e. The van der Waals surface area contributed by atoms with Crippen LogP contribution in [0, 0.1) is 6.92 Å². The molecule has 6 nitrogen and oxygen atoms in total. The van der Waals surface area contributed by atoms with E-state index < -0.39 is 6.10 Å². The Bertz CT molecular complexity index is 751. The number of rotatable bonds is 9. The third kappa shape index (κ3) is 8.99. The summed E-state index contributed by atoms with van der Waals surface area (Å²) in [6.07, 6.45) is 4.05. The number of ether oxygens (including phenoxy) is 1. The van der Waals surface area contributed by atoms with Gasteiger partial charge in [-0.15, -0.1) is 24.0 Å². The molecule has 0 fully saturated rings. The number of guanidine groups is 1. The monoisotopic (exact) mass is 512 g/mol. The number of aromatic nitrogens is 1. The van der Waals surface area contributed by atoms with E-state index in [4.69, 9.17) is 4.74 Å². The molecule has 0 bridgehead atoms. The number of hydrogen-bond donors (Lipinski definition) is 3. The van der Waals surface area contributed by atoms with Crippen LogP contribution in [0.1, 0.15) is 43.6 Å². The molecule has 29 heavy (non-hydrogen) atoms. The maximum atomic E-state index is 10.4. The summed E-state index contributed by atoms with van der Waals surface area (Å²) in [4.78, 5) is 8.64. The highest BCUT2D eigenvalue weighted by Gasteiger charge is 2.08. The van der Waals surface area contributed by atoms with E-state index in [0.717, 1.165) is 30.8 Å². The van der Waals surface area contributed by atoms with Crippen LogP contribution < -0.4 is 15.4 Å². The maximum absolute atomic E-state index is 10.4. The SMILES string of the molecule is CCNC(=NCC(O)c1ccc(OC(C)C)cc1)NCCc1ccncc1C.I. The van der Waals surface area contributed by atoms with Crippen molar-refractivity contribution in [2.75, 3.05) is 19.6 Å². The molecule has 160 valence electrons. The molecule has 2 aromatic rings. The molecule has 1 aromatic carbocycles. The van der Waals surface area contributed by atoms with Gasteiger partial charge in [0.2, 0.25) is 0 Å². The molecule has 0 radical (unpaired) electrons. The topological polar surface area (TPSA) is 78.8 Å². The minimum atomic E-state index is -0.661. The number of aliphatic hydroxyl groups excluding tert-OH is 1.